The number of carbonyl (C=O) groups is 1. The first-order valence-electron chi connectivity index (χ1n) is 6.30. The van der Waals surface area contributed by atoms with Gasteiger partial charge in [0.25, 0.3) is 0 Å². The third kappa shape index (κ3) is 3.71. The second-order valence-corrected chi connectivity index (χ2v) is 4.42. The van der Waals surface area contributed by atoms with Crippen LogP contribution in [-0.4, -0.2) is 37.1 Å². The largest absolute Gasteiger partial charge is 0.497 e. The quantitative estimate of drug-likeness (QED) is 0.766. The molecule has 0 aliphatic carbocycles. The third-order valence-corrected chi connectivity index (χ3v) is 2.97. The van der Waals surface area contributed by atoms with Crippen LogP contribution in [0.5, 0.6) is 5.75 Å². The van der Waals surface area contributed by atoms with Crippen LogP contribution in [0.1, 0.15) is 18.9 Å². The predicted molar refractivity (Wildman–Crippen MR) is 72.5 cm³/mol. The zero-order valence-corrected chi connectivity index (χ0v) is 11.3. The maximum Gasteiger partial charge on any atom is 0.430 e. The van der Waals surface area contributed by atoms with Crippen molar-refractivity contribution in [3.05, 3.63) is 29.8 Å². The summed E-state index contributed by atoms with van der Waals surface area (Å²) in [6, 6.07) is 7.96. The van der Waals surface area contributed by atoms with Crippen LogP contribution in [-0.2, 0) is 11.2 Å². The van der Waals surface area contributed by atoms with Crippen molar-refractivity contribution in [3.8, 4) is 5.75 Å². The lowest BCUT2D eigenvalue weighted by Gasteiger charge is -2.08. The summed E-state index contributed by atoms with van der Waals surface area (Å²) in [5, 5.41) is 5.63. The van der Waals surface area contributed by atoms with Crippen molar-refractivity contribution in [2.24, 2.45) is 5.10 Å². The van der Waals surface area contributed by atoms with Gasteiger partial charge in [0.2, 0.25) is 0 Å². The number of nitrogens with zero attached hydrogens (tertiary/aromatic N) is 2. The van der Waals surface area contributed by atoms with Crippen LogP contribution in [0.15, 0.2) is 29.4 Å². The maximum absolute atomic E-state index is 11.2. The van der Waals surface area contributed by atoms with E-state index in [0.29, 0.717) is 13.2 Å². The van der Waals surface area contributed by atoms with Crippen LogP contribution in [0.3, 0.4) is 0 Å². The molecule has 1 aliphatic heterocycles. The van der Waals surface area contributed by atoms with Crippen molar-refractivity contribution in [2.75, 3.05) is 20.3 Å². The molecule has 1 amide bonds. The predicted octanol–water partition coefficient (Wildman–Crippen LogP) is 2.46. The van der Waals surface area contributed by atoms with E-state index in [-0.39, 0.29) is 6.09 Å². The molecule has 2 rings (SSSR count). The summed E-state index contributed by atoms with van der Waals surface area (Å²) >= 11 is 0. The minimum atomic E-state index is -0.358. The zero-order chi connectivity index (χ0) is 13.7. The van der Waals surface area contributed by atoms with Crippen LogP contribution < -0.4 is 4.74 Å². The molecular weight excluding hydrogens is 244 g/mol. The fourth-order valence-electron chi connectivity index (χ4n) is 1.85. The molecular formula is C14H18N2O3. The van der Waals surface area contributed by atoms with E-state index in [1.165, 1.54) is 10.6 Å². The van der Waals surface area contributed by atoms with Gasteiger partial charge in [-0.2, -0.15) is 10.1 Å². The number of hydrazone groups is 1. The van der Waals surface area contributed by atoms with Gasteiger partial charge in [0.05, 0.1) is 13.7 Å². The monoisotopic (exact) mass is 262 g/mol. The molecule has 0 unspecified atom stereocenters. The van der Waals surface area contributed by atoms with Gasteiger partial charge in [0.15, 0.2) is 0 Å². The Balaban J connectivity index is 1.86. The highest BCUT2D eigenvalue weighted by Gasteiger charge is 2.21. The van der Waals surface area contributed by atoms with Gasteiger partial charge in [0.1, 0.15) is 12.4 Å². The number of aryl methyl sites for hydroxylation is 1. The van der Waals surface area contributed by atoms with E-state index < -0.39 is 0 Å². The van der Waals surface area contributed by atoms with E-state index in [1.54, 1.807) is 7.11 Å². The molecule has 0 spiro atoms. The number of amides is 1. The molecule has 5 heteroatoms. The van der Waals surface area contributed by atoms with Gasteiger partial charge in [0, 0.05) is 5.71 Å². The number of carbonyl (C=O) groups excluding carboxylic acids is 1. The van der Waals surface area contributed by atoms with Gasteiger partial charge in [-0.3, -0.25) is 0 Å². The Kier molecular flexibility index (Phi) is 4.39. The number of benzene rings is 1. The van der Waals surface area contributed by atoms with Crippen LogP contribution >= 0.6 is 0 Å². The average molecular weight is 262 g/mol. The second-order valence-electron chi connectivity index (χ2n) is 4.42. The third-order valence-electron chi connectivity index (χ3n) is 2.97. The van der Waals surface area contributed by atoms with Crippen LogP contribution in [0.2, 0.25) is 0 Å². The summed E-state index contributed by atoms with van der Waals surface area (Å²) in [5.41, 5.74) is 2.15. The Hall–Kier alpha value is -2.04. The number of ether oxygens (including phenoxy) is 2. The van der Waals surface area contributed by atoms with E-state index in [2.05, 4.69) is 5.10 Å². The summed E-state index contributed by atoms with van der Waals surface area (Å²) in [6.07, 6.45) is 1.35. The Morgan fingerprint density at radius 3 is 2.74 bits per heavy atom. The molecule has 0 N–H and O–H groups in total. The summed E-state index contributed by atoms with van der Waals surface area (Å²) in [5.74, 6) is 0.856. The van der Waals surface area contributed by atoms with Crippen LogP contribution in [0.25, 0.3) is 0 Å². The van der Waals surface area contributed by atoms with Crippen LogP contribution in [0, 0.1) is 0 Å². The molecule has 0 bridgehead atoms. The van der Waals surface area contributed by atoms with E-state index in [0.717, 1.165) is 24.3 Å². The first kappa shape index (κ1) is 13.4. The summed E-state index contributed by atoms with van der Waals surface area (Å²) in [6.45, 7) is 2.89. The highest BCUT2D eigenvalue weighted by molar-refractivity contribution is 5.83. The molecule has 102 valence electrons. The normalized spacial score (nSPS) is 15.6. The van der Waals surface area contributed by atoms with E-state index in [9.17, 15) is 4.79 Å². The molecule has 1 aromatic rings. The van der Waals surface area contributed by atoms with Crippen molar-refractivity contribution in [1.29, 1.82) is 0 Å². The van der Waals surface area contributed by atoms with E-state index in [1.807, 2.05) is 31.2 Å². The number of hydrogen-bond donors (Lipinski definition) is 0. The highest BCUT2D eigenvalue weighted by atomic mass is 16.6. The number of cyclic esters (lactones) is 1. The van der Waals surface area contributed by atoms with Gasteiger partial charge in [-0.05, 0) is 37.5 Å². The lowest BCUT2D eigenvalue weighted by molar-refractivity contribution is 0.159. The van der Waals surface area contributed by atoms with Gasteiger partial charge >= 0.3 is 6.09 Å². The highest BCUT2D eigenvalue weighted by Crippen LogP contribution is 2.13. The Morgan fingerprint density at radius 2 is 2.16 bits per heavy atom. The molecule has 19 heavy (non-hydrogen) atoms. The number of methoxy groups -OCH3 is 1. The zero-order valence-electron chi connectivity index (χ0n) is 11.3. The molecule has 1 fully saturated rings. The van der Waals surface area contributed by atoms with Gasteiger partial charge in [-0.25, -0.2) is 4.79 Å². The average Bonchev–Trinajstić information content (AvgIpc) is 2.82. The molecule has 0 atom stereocenters. The van der Waals surface area contributed by atoms with Gasteiger partial charge in [-0.1, -0.05) is 12.1 Å². The molecule has 1 heterocycles. The smallest absolute Gasteiger partial charge is 0.430 e. The molecule has 5 nitrogen and oxygen atoms in total. The lowest BCUT2D eigenvalue weighted by Crippen LogP contribution is -2.19. The first-order chi connectivity index (χ1) is 9.19. The number of rotatable bonds is 5. The van der Waals surface area contributed by atoms with Crippen molar-refractivity contribution >= 4 is 11.8 Å². The minimum Gasteiger partial charge on any atom is -0.497 e. The van der Waals surface area contributed by atoms with E-state index >= 15 is 0 Å². The summed E-state index contributed by atoms with van der Waals surface area (Å²) < 4.78 is 9.93. The molecule has 1 saturated heterocycles. The fraction of sp³-hybridized carbons (Fsp3) is 0.429. The Bertz CT molecular complexity index is 468. The maximum atomic E-state index is 11.2. The van der Waals surface area contributed by atoms with Crippen LogP contribution in [0.4, 0.5) is 4.79 Å². The standard InChI is InChI=1S/C14H18N2O3/c1-11(15-16-9-10-19-14(16)17)3-4-12-5-7-13(18-2)8-6-12/h5-8H,3-4,9-10H2,1-2H3. The summed E-state index contributed by atoms with van der Waals surface area (Å²) in [4.78, 5) is 11.2. The number of hydrogen-bond acceptors (Lipinski definition) is 4. The van der Waals surface area contributed by atoms with Crippen molar-refractivity contribution in [3.63, 3.8) is 0 Å². The topological polar surface area (TPSA) is 51.1 Å². The first-order valence-corrected chi connectivity index (χ1v) is 6.30. The molecule has 0 radical (unpaired) electrons. The Labute approximate surface area is 112 Å². The van der Waals surface area contributed by atoms with Crippen molar-refractivity contribution in [1.82, 2.24) is 5.01 Å². The molecule has 0 saturated carbocycles. The summed E-state index contributed by atoms with van der Waals surface area (Å²) in [7, 11) is 1.65. The van der Waals surface area contributed by atoms with Crippen molar-refractivity contribution in [2.45, 2.75) is 19.8 Å². The van der Waals surface area contributed by atoms with Gasteiger partial charge in [-0.15, -0.1) is 0 Å². The molecule has 1 aliphatic rings. The second kappa shape index (κ2) is 6.22. The lowest BCUT2D eigenvalue weighted by atomic mass is 10.1. The minimum absolute atomic E-state index is 0.358. The Morgan fingerprint density at radius 1 is 1.42 bits per heavy atom. The fourth-order valence-corrected chi connectivity index (χ4v) is 1.85. The molecule has 1 aromatic carbocycles. The molecule has 0 aromatic heterocycles. The van der Waals surface area contributed by atoms with Crippen molar-refractivity contribution < 1.29 is 14.3 Å². The SMILES string of the molecule is COc1ccc(CCC(C)=NN2CCOC2=O)cc1. The van der Waals surface area contributed by atoms with E-state index in [4.69, 9.17) is 9.47 Å². The van der Waals surface area contributed by atoms with Gasteiger partial charge < -0.3 is 9.47 Å².